The predicted molar refractivity (Wildman–Crippen MR) is 157 cm³/mol. The first-order valence-corrected chi connectivity index (χ1v) is 13.4. The predicted octanol–water partition coefficient (Wildman–Crippen LogP) is 8.87. The average Bonchev–Trinajstić information content (AvgIpc) is 3.00. The van der Waals surface area contributed by atoms with E-state index >= 15 is 0 Å². The zero-order chi connectivity index (χ0) is 26.2. The summed E-state index contributed by atoms with van der Waals surface area (Å²) in [6.45, 7) is 0. The van der Waals surface area contributed by atoms with Crippen LogP contribution in [0.15, 0.2) is 114 Å². The fourth-order valence-corrected chi connectivity index (χ4v) is 5.28. The van der Waals surface area contributed by atoms with Crippen LogP contribution in [0.5, 0.6) is 11.5 Å². The number of aromatic nitrogens is 3. The van der Waals surface area contributed by atoms with Crippen LogP contribution in [0.25, 0.3) is 39.5 Å². The zero-order valence-electron chi connectivity index (χ0n) is 21.1. The Morgan fingerprint density at radius 2 is 1.26 bits per heavy atom. The molecule has 0 saturated carbocycles. The Labute approximate surface area is 232 Å². The number of benzene rings is 4. The zero-order valence-corrected chi connectivity index (χ0v) is 21.9. The molecule has 0 atom stereocenters. The third-order valence-electron chi connectivity index (χ3n) is 7.21. The number of hydrogen-bond donors (Lipinski definition) is 0. The fourth-order valence-electron chi connectivity index (χ4n) is 5.12. The summed E-state index contributed by atoms with van der Waals surface area (Å²) in [6, 6.07) is 33.0. The van der Waals surface area contributed by atoms with Crippen LogP contribution >= 0.6 is 11.6 Å². The van der Waals surface area contributed by atoms with Crippen LogP contribution in [-0.2, 0) is 6.42 Å². The highest BCUT2D eigenvalue weighted by molar-refractivity contribution is 6.29. The third kappa shape index (κ3) is 4.64. The summed E-state index contributed by atoms with van der Waals surface area (Å²) in [5, 5.41) is 0.845. The Hall–Kier alpha value is -4.54. The van der Waals surface area contributed by atoms with E-state index in [-0.39, 0.29) is 0 Å². The summed E-state index contributed by atoms with van der Waals surface area (Å²) in [7, 11) is 0. The molecule has 0 spiro atoms. The van der Waals surface area contributed by atoms with E-state index in [0.717, 1.165) is 69.2 Å². The van der Waals surface area contributed by atoms with Crippen LogP contribution in [0.1, 0.15) is 29.8 Å². The van der Waals surface area contributed by atoms with Gasteiger partial charge in [0.05, 0.1) is 0 Å². The van der Waals surface area contributed by atoms with E-state index in [1.165, 1.54) is 5.56 Å². The topological polar surface area (TPSA) is 47.9 Å². The van der Waals surface area contributed by atoms with Gasteiger partial charge in [-0.15, -0.1) is 0 Å². The van der Waals surface area contributed by atoms with E-state index in [1.54, 1.807) is 0 Å². The maximum Gasteiger partial charge on any atom is 0.164 e. The first-order chi connectivity index (χ1) is 19.2. The van der Waals surface area contributed by atoms with Crippen molar-refractivity contribution in [2.24, 2.45) is 0 Å². The Morgan fingerprint density at radius 3 is 2.08 bits per heavy atom. The summed E-state index contributed by atoms with van der Waals surface area (Å²) in [6.07, 6.45) is 6.28. The number of nitrogens with zero attached hydrogens (tertiary/aromatic N) is 3. The van der Waals surface area contributed by atoms with Crippen molar-refractivity contribution in [3.8, 4) is 45.4 Å². The highest BCUT2D eigenvalue weighted by Crippen LogP contribution is 2.41. The van der Waals surface area contributed by atoms with E-state index < -0.39 is 0 Å². The van der Waals surface area contributed by atoms with Crippen LogP contribution in [0.3, 0.4) is 0 Å². The molecular formula is C34H24ClN3O. The van der Waals surface area contributed by atoms with Gasteiger partial charge in [0.2, 0.25) is 0 Å². The van der Waals surface area contributed by atoms with Gasteiger partial charge in [0, 0.05) is 28.1 Å². The van der Waals surface area contributed by atoms with Gasteiger partial charge in [-0.2, -0.15) is 0 Å². The molecule has 4 nitrogen and oxygen atoms in total. The normalized spacial score (nSPS) is 14.0. The molecule has 0 N–H and O–H groups in total. The quantitative estimate of drug-likeness (QED) is 0.230. The average molecular weight is 526 g/mol. The molecule has 1 aromatic heterocycles. The van der Waals surface area contributed by atoms with Crippen LogP contribution in [0, 0.1) is 0 Å². The highest BCUT2D eigenvalue weighted by Gasteiger charge is 2.23. The van der Waals surface area contributed by atoms with E-state index in [0.29, 0.717) is 17.5 Å². The molecule has 1 aliphatic carbocycles. The number of ether oxygens (including phenoxy) is 1. The lowest BCUT2D eigenvalue weighted by Gasteiger charge is -2.22. The Balaban J connectivity index is 1.35. The standard InChI is InChI=1S/C34H24ClN3O/c35-27-19-17-25(18-20-27)33-36-32(24-15-13-23(14-16-24)22-7-2-1-3-8-22)37-34(38-33)28-10-6-12-31-29(28)21-26-9-4-5-11-30(26)39-31/h1-17,19H,18,20-21H2. The first kappa shape index (κ1) is 23.6. The fraction of sp³-hybridized carbons (Fsp3) is 0.0882. The van der Waals surface area contributed by atoms with E-state index in [2.05, 4.69) is 60.7 Å². The second kappa shape index (κ2) is 9.97. The number of allylic oxidation sites excluding steroid dienone is 4. The van der Waals surface area contributed by atoms with Crippen molar-refractivity contribution in [1.82, 2.24) is 15.0 Å². The molecule has 0 fully saturated rings. The van der Waals surface area contributed by atoms with Gasteiger partial charge in [0.25, 0.3) is 0 Å². The van der Waals surface area contributed by atoms with Gasteiger partial charge in [-0.05, 0) is 53.3 Å². The van der Waals surface area contributed by atoms with Crippen LogP contribution in [0.4, 0.5) is 0 Å². The van der Waals surface area contributed by atoms with E-state index in [4.69, 9.17) is 31.3 Å². The van der Waals surface area contributed by atoms with Crippen molar-refractivity contribution in [1.29, 1.82) is 0 Å². The molecule has 7 rings (SSSR count). The molecule has 188 valence electrons. The van der Waals surface area contributed by atoms with Crippen molar-refractivity contribution >= 4 is 17.2 Å². The minimum absolute atomic E-state index is 0.642. The maximum atomic E-state index is 6.26. The molecule has 4 aromatic carbocycles. The maximum absolute atomic E-state index is 6.26. The second-order valence-corrected chi connectivity index (χ2v) is 10.2. The van der Waals surface area contributed by atoms with Gasteiger partial charge >= 0.3 is 0 Å². The van der Waals surface area contributed by atoms with Gasteiger partial charge < -0.3 is 4.74 Å². The lowest BCUT2D eigenvalue weighted by molar-refractivity contribution is 0.460. The Kier molecular flexibility index (Phi) is 6.03. The number of hydrogen-bond acceptors (Lipinski definition) is 4. The number of para-hydroxylation sites is 1. The Bertz CT molecular complexity index is 1760. The summed E-state index contributed by atoms with van der Waals surface area (Å²) >= 11 is 6.26. The number of halogens is 1. The molecule has 0 saturated heterocycles. The van der Waals surface area contributed by atoms with Crippen molar-refractivity contribution < 1.29 is 4.74 Å². The SMILES string of the molecule is ClC1=CC=C(c2nc(-c3ccc(-c4ccccc4)cc3)nc(-c3cccc4c3Cc3ccccc3O4)n2)CC1. The summed E-state index contributed by atoms with van der Waals surface area (Å²) < 4.78 is 6.26. The summed E-state index contributed by atoms with van der Waals surface area (Å²) in [4.78, 5) is 14.9. The number of fused-ring (bicyclic) bond motifs is 2. The minimum Gasteiger partial charge on any atom is -0.457 e. The molecule has 2 aliphatic rings. The van der Waals surface area contributed by atoms with Gasteiger partial charge in [-0.25, -0.2) is 15.0 Å². The van der Waals surface area contributed by atoms with Gasteiger partial charge in [-0.3, -0.25) is 0 Å². The minimum atomic E-state index is 0.642. The largest absolute Gasteiger partial charge is 0.457 e. The van der Waals surface area contributed by atoms with Crippen LogP contribution in [0.2, 0.25) is 0 Å². The molecule has 0 bridgehead atoms. The third-order valence-corrected chi connectivity index (χ3v) is 7.52. The van der Waals surface area contributed by atoms with Crippen molar-refractivity contribution in [3.05, 3.63) is 131 Å². The molecule has 0 amide bonds. The molecule has 0 radical (unpaired) electrons. The molecule has 5 aromatic rings. The molecule has 5 heteroatoms. The monoisotopic (exact) mass is 525 g/mol. The smallest absolute Gasteiger partial charge is 0.164 e. The first-order valence-electron chi connectivity index (χ1n) is 13.1. The summed E-state index contributed by atoms with van der Waals surface area (Å²) in [5.41, 5.74) is 7.51. The van der Waals surface area contributed by atoms with Crippen molar-refractivity contribution in [2.45, 2.75) is 19.3 Å². The number of rotatable bonds is 4. The van der Waals surface area contributed by atoms with E-state index in [1.807, 2.05) is 48.6 Å². The van der Waals surface area contributed by atoms with Gasteiger partial charge in [-0.1, -0.05) is 103 Å². The van der Waals surface area contributed by atoms with Crippen LogP contribution < -0.4 is 4.74 Å². The molecule has 39 heavy (non-hydrogen) atoms. The highest BCUT2D eigenvalue weighted by atomic mass is 35.5. The van der Waals surface area contributed by atoms with Crippen molar-refractivity contribution in [2.75, 3.05) is 0 Å². The van der Waals surface area contributed by atoms with E-state index in [9.17, 15) is 0 Å². The van der Waals surface area contributed by atoms with Crippen LogP contribution in [-0.4, -0.2) is 15.0 Å². The lowest BCUT2D eigenvalue weighted by atomic mass is 9.95. The molecular weight excluding hydrogens is 502 g/mol. The van der Waals surface area contributed by atoms with Gasteiger partial charge in [0.15, 0.2) is 17.5 Å². The molecule has 1 aliphatic heterocycles. The van der Waals surface area contributed by atoms with Gasteiger partial charge in [0.1, 0.15) is 11.5 Å². The van der Waals surface area contributed by atoms with Crippen molar-refractivity contribution in [3.63, 3.8) is 0 Å². The Morgan fingerprint density at radius 1 is 0.564 bits per heavy atom. The molecule has 2 heterocycles. The summed E-state index contributed by atoms with van der Waals surface area (Å²) in [5.74, 6) is 3.70. The second-order valence-electron chi connectivity index (χ2n) is 9.72. The lowest BCUT2D eigenvalue weighted by Crippen LogP contribution is -2.08. The molecule has 0 unspecified atom stereocenters.